The lowest BCUT2D eigenvalue weighted by Crippen LogP contribution is -2.57. The molecule has 7 amide bonds. The summed E-state index contributed by atoms with van der Waals surface area (Å²) in [6, 6.07) is 1.30. The van der Waals surface area contributed by atoms with E-state index in [-0.39, 0.29) is 25.1 Å². The molecule has 1 aliphatic carbocycles. The number of primary amides is 1. The quantitative estimate of drug-likeness (QED) is 0.136. The number of ketones is 2. The first-order valence-corrected chi connectivity index (χ1v) is 21.7. The lowest BCUT2D eigenvalue weighted by Gasteiger charge is -2.31. The van der Waals surface area contributed by atoms with E-state index in [1.807, 2.05) is 0 Å². The van der Waals surface area contributed by atoms with Crippen LogP contribution in [0.1, 0.15) is 52.9 Å². The molecule has 0 saturated heterocycles. The van der Waals surface area contributed by atoms with Crippen LogP contribution in [0, 0.1) is 29.6 Å². The summed E-state index contributed by atoms with van der Waals surface area (Å²) in [4.78, 5) is 124. The van der Waals surface area contributed by atoms with Gasteiger partial charge in [0.2, 0.25) is 41.4 Å². The van der Waals surface area contributed by atoms with Gasteiger partial charge in [0, 0.05) is 41.0 Å². The van der Waals surface area contributed by atoms with E-state index in [9.17, 15) is 58.5 Å². The molecule has 62 heavy (non-hydrogen) atoms. The third-order valence-electron chi connectivity index (χ3n) is 11.9. The number of nitrogens with zero attached hydrogens (tertiary/aromatic N) is 1. The SMILES string of the molecule is CC[C@H](C)[C@@H]1NC(=O)CNC(=O)[C@@H]2CSc3c4ccccc4cn3CC(NC(=O)CNC1=O)C(=O)N[C@@H](CC(N)=O)C(=O)C1C[C@H](O)C[C@H]1C(=O)N[C@@H]([C@@H](C)[C@@H](O)CO)C(=O)C2. The molecule has 11 atom stereocenters. The topological polar surface area (TPSA) is 317 Å². The zero-order valence-electron chi connectivity index (χ0n) is 34.8. The van der Waals surface area contributed by atoms with Crippen LogP contribution in [-0.4, -0.2) is 135 Å². The Hall–Kier alpha value is -5.38. The van der Waals surface area contributed by atoms with Crippen LogP contribution in [0.3, 0.4) is 0 Å². The highest BCUT2D eigenvalue weighted by atomic mass is 32.2. The maximum Gasteiger partial charge on any atom is 0.245 e. The number of Topliss-reactive ketones (excluding diaryl/α,β-unsaturated/α-hetero) is 2. The van der Waals surface area contributed by atoms with Crippen molar-refractivity contribution in [1.29, 1.82) is 0 Å². The van der Waals surface area contributed by atoms with Gasteiger partial charge in [-0.25, -0.2) is 0 Å². The molecule has 20 nitrogen and oxygen atoms in total. The summed E-state index contributed by atoms with van der Waals surface area (Å²) in [6.45, 7) is 2.57. The Kier molecular flexibility index (Phi) is 16.2. The minimum absolute atomic E-state index is 0.113. The third kappa shape index (κ3) is 11.5. The van der Waals surface area contributed by atoms with Crippen molar-refractivity contribution in [3.05, 3.63) is 30.5 Å². The van der Waals surface area contributed by atoms with E-state index < -0.39 is 151 Å². The Morgan fingerprint density at radius 3 is 2.21 bits per heavy atom. The largest absolute Gasteiger partial charge is 0.394 e. The summed E-state index contributed by atoms with van der Waals surface area (Å²) < 4.78 is 1.64. The normalized spacial score (nSPS) is 29.1. The van der Waals surface area contributed by atoms with Crippen molar-refractivity contribution >= 4 is 75.5 Å². The van der Waals surface area contributed by atoms with Gasteiger partial charge in [0.05, 0.1) is 73.8 Å². The molecule has 21 heteroatoms. The van der Waals surface area contributed by atoms with Crippen molar-refractivity contribution in [3.63, 3.8) is 0 Å². The number of amides is 7. The van der Waals surface area contributed by atoms with Gasteiger partial charge in [-0.3, -0.25) is 43.2 Å². The van der Waals surface area contributed by atoms with Crippen molar-refractivity contribution in [2.45, 2.75) is 101 Å². The van der Waals surface area contributed by atoms with Crippen LogP contribution in [0.25, 0.3) is 10.8 Å². The smallest absolute Gasteiger partial charge is 0.245 e. The van der Waals surface area contributed by atoms with Crippen LogP contribution in [0.2, 0.25) is 0 Å². The molecule has 0 radical (unpaired) electrons. The first-order valence-electron chi connectivity index (χ1n) is 20.7. The first kappa shape index (κ1) is 47.7. The minimum Gasteiger partial charge on any atom is -0.394 e. The number of nitrogens with one attached hydrogen (secondary N) is 6. The van der Waals surface area contributed by atoms with Crippen LogP contribution in [0.5, 0.6) is 0 Å². The molecule has 2 unspecified atom stereocenters. The highest BCUT2D eigenvalue weighted by molar-refractivity contribution is 7.99. The van der Waals surface area contributed by atoms with Crippen molar-refractivity contribution in [2.24, 2.45) is 35.3 Å². The standard InChI is InChI=1S/C41H56N8O12S/c1-4-19(2)34-40(61)44-13-32(55)45-28-16-49-15-21-7-5-6-8-24(21)41(49)62-18-22(37(58)43-14-33(56)47-34)9-29(52)35(20(3)30(53)17-50)48-38(59)26-11-23(51)10-25(26)36(57)27(12-31(42)54)46-39(28)60/h5-8,15,19-20,22-23,25-28,30,34-35,50-51,53H,4,9-14,16-18H2,1-3H3,(H2,42,54)(H,43,58)(H,44,61)(H,45,55)(H,46,60)(H,47,56)(H,48,59)/t19-,20-,22-,23-,25?,26+,27-,28?,30-,34-,35-/m0/s1. The highest BCUT2D eigenvalue weighted by Crippen LogP contribution is 2.36. The van der Waals surface area contributed by atoms with Gasteiger partial charge in [-0.15, -0.1) is 11.8 Å². The average Bonchev–Trinajstić information content (AvgIpc) is 3.81. The van der Waals surface area contributed by atoms with Gasteiger partial charge in [-0.05, 0) is 18.8 Å². The molecular weight excluding hydrogens is 829 g/mol. The van der Waals surface area contributed by atoms with Crippen LogP contribution >= 0.6 is 11.8 Å². The van der Waals surface area contributed by atoms with E-state index in [2.05, 4.69) is 31.9 Å². The number of benzene rings is 1. The second kappa shape index (κ2) is 21.1. The molecule has 1 aromatic heterocycles. The number of aliphatic hydroxyl groups excluding tert-OH is 3. The molecular formula is C41H56N8O12S. The van der Waals surface area contributed by atoms with Gasteiger partial charge >= 0.3 is 0 Å². The molecule has 0 spiro atoms. The van der Waals surface area contributed by atoms with E-state index in [0.717, 1.165) is 11.8 Å². The van der Waals surface area contributed by atoms with E-state index >= 15 is 0 Å². The number of fused-ring (bicyclic) bond motifs is 5. The van der Waals surface area contributed by atoms with Crippen molar-refractivity contribution in [2.75, 3.05) is 25.4 Å². The zero-order valence-corrected chi connectivity index (χ0v) is 35.6. The highest BCUT2D eigenvalue weighted by Gasteiger charge is 2.46. The maximum absolute atomic E-state index is 14.4. The molecule has 3 heterocycles. The number of thioether (sulfide) groups is 1. The molecule has 5 rings (SSSR count). The lowest BCUT2D eigenvalue weighted by molar-refractivity contribution is -0.139. The van der Waals surface area contributed by atoms with Gasteiger partial charge in [-0.1, -0.05) is 51.5 Å². The second-order valence-electron chi connectivity index (χ2n) is 16.4. The molecule has 2 aliphatic heterocycles. The average molecular weight is 885 g/mol. The summed E-state index contributed by atoms with van der Waals surface area (Å²) in [5, 5.41) is 48.6. The summed E-state index contributed by atoms with van der Waals surface area (Å²) >= 11 is 1.13. The number of hydrogen-bond donors (Lipinski definition) is 10. The Labute approximate surface area is 361 Å². The number of nitrogens with two attached hydrogens (primary N) is 1. The van der Waals surface area contributed by atoms with Gasteiger partial charge in [0.15, 0.2) is 11.6 Å². The van der Waals surface area contributed by atoms with Crippen molar-refractivity contribution in [1.82, 2.24) is 36.5 Å². The van der Waals surface area contributed by atoms with Crippen LogP contribution < -0.4 is 37.6 Å². The maximum atomic E-state index is 14.4. The Morgan fingerprint density at radius 1 is 0.871 bits per heavy atom. The summed E-state index contributed by atoms with van der Waals surface area (Å²) in [6.07, 6.45) is -2.38. The first-order chi connectivity index (χ1) is 29.4. The number of rotatable bonds is 7. The Bertz CT molecular complexity index is 2060. The molecule has 1 fully saturated rings. The monoisotopic (exact) mass is 884 g/mol. The molecule has 1 aromatic carbocycles. The van der Waals surface area contributed by atoms with E-state index in [1.165, 1.54) is 6.92 Å². The van der Waals surface area contributed by atoms with E-state index in [0.29, 0.717) is 22.2 Å². The van der Waals surface area contributed by atoms with Gasteiger partial charge < -0.3 is 57.5 Å². The second-order valence-corrected chi connectivity index (χ2v) is 17.4. The predicted octanol–water partition coefficient (Wildman–Crippen LogP) is -2.63. The molecule has 2 aromatic rings. The fourth-order valence-corrected chi connectivity index (χ4v) is 9.40. The molecule has 338 valence electrons. The van der Waals surface area contributed by atoms with Crippen LogP contribution in [0.4, 0.5) is 0 Å². The third-order valence-corrected chi connectivity index (χ3v) is 13.2. The summed E-state index contributed by atoms with van der Waals surface area (Å²) in [7, 11) is 0. The Morgan fingerprint density at radius 2 is 1.53 bits per heavy atom. The Balaban J connectivity index is 1.69. The number of carbonyl (C=O) groups is 9. The summed E-state index contributed by atoms with van der Waals surface area (Å²) in [5.41, 5.74) is 5.55. The van der Waals surface area contributed by atoms with E-state index in [1.54, 1.807) is 48.9 Å². The van der Waals surface area contributed by atoms with Crippen LogP contribution in [0.15, 0.2) is 35.5 Å². The molecule has 11 N–H and O–H groups in total. The molecule has 3 aliphatic rings. The summed E-state index contributed by atoms with van der Waals surface area (Å²) in [5.74, 6) is -12.9. The zero-order chi connectivity index (χ0) is 45.4. The number of hydrogen-bond acceptors (Lipinski definition) is 13. The van der Waals surface area contributed by atoms with Crippen LogP contribution in [-0.2, 0) is 49.7 Å². The lowest BCUT2D eigenvalue weighted by atomic mass is 9.84. The van der Waals surface area contributed by atoms with E-state index in [4.69, 9.17) is 5.73 Å². The molecule has 2 bridgehead atoms. The predicted molar refractivity (Wildman–Crippen MR) is 222 cm³/mol. The van der Waals surface area contributed by atoms with Gasteiger partial charge in [0.1, 0.15) is 12.1 Å². The van der Waals surface area contributed by atoms with Crippen molar-refractivity contribution < 1.29 is 58.5 Å². The molecule has 1 saturated carbocycles. The van der Waals surface area contributed by atoms with Gasteiger partial charge in [-0.2, -0.15) is 0 Å². The number of aromatic nitrogens is 1. The fourth-order valence-electron chi connectivity index (χ4n) is 8.13. The van der Waals surface area contributed by atoms with Crippen molar-refractivity contribution in [3.8, 4) is 0 Å². The minimum atomic E-state index is -1.64. The fraction of sp³-hybridized carbons (Fsp3) is 0.585. The van der Waals surface area contributed by atoms with Gasteiger partial charge in [0.25, 0.3) is 0 Å². The number of carbonyl (C=O) groups excluding carboxylic acids is 9. The number of aliphatic hydroxyl groups is 3.